The van der Waals surface area contributed by atoms with E-state index in [1.54, 1.807) is 24.4 Å². The van der Waals surface area contributed by atoms with E-state index in [2.05, 4.69) is 15.5 Å². The summed E-state index contributed by atoms with van der Waals surface area (Å²) in [4.78, 5) is 16.3. The quantitative estimate of drug-likeness (QED) is 0.593. The van der Waals surface area contributed by atoms with Gasteiger partial charge in [0.05, 0.1) is 11.7 Å². The maximum atomic E-state index is 12.0. The van der Waals surface area contributed by atoms with Gasteiger partial charge in [-0.15, -0.1) is 0 Å². The highest BCUT2D eigenvalue weighted by atomic mass is 35.5. The Hall–Kier alpha value is -2.72. The van der Waals surface area contributed by atoms with Crippen LogP contribution in [0.15, 0.2) is 65.8 Å². The third-order valence-corrected chi connectivity index (χ3v) is 3.33. The number of pyridine rings is 1. The first-order valence-electron chi connectivity index (χ1n) is 6.67. The van der Waals surface area contributed by atoms with Crippen molar-refractivity contribution in [2.75, 3.05) is 0 Å². The largest absolute Gasteiger partial charge is 0.289 e. The Kier molecular flexibility index (Phi) is 4.12. The Morgan fingerprint density at radius 3 is 2.64 bits per heavy atom. The second-order valence-electron chi connectivity index (χ2n) is 4.64. The molecule has 108 valence electrons. The number of hydrazone groups is 1. The van der Waals surface area contributed by atoms with Crippen LogP contribution in [-0.2, 0) is 0 Å². The fourth-order valence-electron chi connectivity index (χ4n) is 1.96. The molecule has 0 atom stereocenters. The van der Waals surface area contributed by atoms with Gasteiger partial charge in [-0.25, -0.2) is 10.4 Å². The zero-order valence-electron chi connectivity index (χ0n) is 11.5. The van der Waals surface area contributed by atoms with Gasteiger partial charge in [0.25, 0.3) is 5.91 Å². The highest BCUT2D eigenvalue weighted by Crippen LogP contribution is 2.11. The molecule has 0 saturated carbocycles. The summed E-state index contributed by atoms with van der Waals surface area (Å²) in [6.07, 6.45) is 1.55. The fourth-order valence-corrected chi connectivity index (χ4v) is 2.09. The fraction of sp³-hybridized carbons (Fsp3) is 0. The standard InChI is InChI=1S/C17H12ClN3O/c18-14-8-5-12(6-9-14)11-19-21-17(22)16-10-7-13-3-1-2-4-15(13)20-16/h1-11H,(H,21,22)/b19-11-. The molecule has 0 aliphatic carbocycles. The van der Waals surface area contributed by atoms with Crippen LogP contribution in [0, 0.1) is 0 Å². The lowest BCUT2D eigenvalue weighted by Crippen LogP contribution is -2.18. The van der Waals surface area contributed by atoms with Gasteiger partial charge in [0, 0.05) is 10.4 Å². The van der Waals surface area contributed by atoms with Crippen LogP contribution in [0.4, 0.5) is 0 Å². The molecule has 5 heteroatoms. The second-order valence-corrected chi connectivity index (χ2v) is 5.08. The molecular formula is C17H12ClN3O. The van der Waals surface area contributed by atoms with E-state index < -0.39 is 0 Å². The number of amides is 1. The minimum absolute atomic E-state index is 0.326. The predicted molar refractivity (Wildman–Crippen MR) is 88.3 cm³/mol. The summed E-state index contributed by atoms with van der Waals surface area (Å²) in [6, 6.07) is 18.3. The Morgan fingerprint density at radius 2 is 1.82 bits per heavy atom. The van der Waals surface area contributed by atoms with Crippen LogP contribution in [-0.4, -0.2) is 17.1 Å². The molecule has 0 spiro atoms. The van der Waals surface area contributed by atoms with Gasteiger partial charge in [0.15, 0.2) is 0 Å². The Bertz CT molecular complexity index is 844. The summed E-state index contributed by atoms with van der Waals surface area (Å²) >= 11 is 5.80. The molecular weight excluding hydrogens is 298 g/mol. The number of hydrogen-bond acceptors (Lipinski definition) is 3. The second kappa shape index (κ2) is 6.37. The van der Waals surface area contributed by atoms with Crippen molar-refractivity contribution in [3.8, 4) is 0 Å². The lowest BCUT2D eigenvalue weighted by Gasteiger charge is -2.01. The van der Waals surface area contributed by atoms with Crippen molar-refractivity contribution in [2.24, 2.45) is 5.10 Å². The molecule has 1 N–H and O–H groups in total. The number of carbonyl (C=O) groups is 1. The molecule has 2 aromatic carbocycles. The molecule has 0 fully saturated rings. The number of aromatic nitrogens is 1. The van der Waals surface area contributed by atoms with Crippen molar-refractivity contribution >= 4 is 34.6 Å². The van der Waals surface area contributed by atoms with E-state index in [1.165, 1.54) is 0 Å². The number of fused-ring (bicyclic) bond motifs is 1. The Balaban J connectivity index is 1.71. The van der Waals surface area contributed by atoms with Gasteiger partial charge in [-0.3, -0.25) is 4.79 Å². The topological polar surface area (TPSA) is 54.4 Å². The van der Waals surface area contributed by atoms with Gasteiger partial charge in [-0.1, -0.05) is 48.0 Å². The molecule has 1 aromatic heterocycles. The molecule has 3 aromatic rings. The molecule has 4 nitrogen and oxygen atoms in total. The van der Waals surface area contributed by atoms with E-state index in [9.17, 15) is 4.79 Å². The van der Waals surface area contributed by atoms with Gasteiger partial charge < -0.3 is 0 Å². The maximum absolute atomic E-state index is 12.0. The van der Waals surface area contributed by atoms with Crippen LogP contribution in [0.2, 0.25) is 5.02 Å². The van der Waals surface area contributed by atoms with Gasteiger partial charge in [-0.05, 0) is 29.8 Å². The number of para-hydroxylation sites is 1. The highest BCUT2D eigenvalue weighted by Gasteiger charge is 2.06. The SMILES string of the molecule is O=C(N/N=C\c1ccc(Cl)cc1)c1ccc2ccccc2n1. The molecule has 3 rings (SSSR count). The van der Waals surface area contributed by atoms with E-state index in [0.29, 0.717) is 10.7 Å². The Labute approximate surface area is 132 Å². The van der Waals surface area contributed by atoms with Gasteiger partial charge in [-0.2, -0.15) is 5.10 Å². The molecule has 1 amide bonds. The average Bonchev–Trinajstić information content (AvgIpc) is 2.56. The normalized spacial score (nSPS) is 11.0. The van der Waals surface area contributed by atoms with E-state index in [0.717, 1.165) is 16.5 Å². The van der Waals surface area contributed by atoms with E-state index in [-0.39, 0.29) is 5.91 Å². The van der Waals surface area contributed by atoms with Crippen LogP contribution in [0.1, 0.15) is 16.1 Å². The molecule has 0 radical (unpaired) electrons. The van der Waals surface area contributed by atoms with Crippen LogP contribution in [0.5, 0.6) is 0 Å². The molecule has 0 saturated heterocycles. The lowest BCUT2D eigenvalue weighted by molar-refractivity contribution is 0.0950. The van der Waals surface area contributed by atoms with Gasteiger partial charge in [0.1, 0.15) is 5.69 Å². The van der Waals surface area contributed by atoms with Crippen molar-refractivity contribution in [3.05, 3.63) is 76.9 Å². The maximum Gasteiger partial charge on any atom is 0.289 e. The van der Waals surface area contributed by atoms with Crippen molar-refractivity contribution in [1.29, 1.82) is 0 Å². The summed E-state index contributed by atoms with van der Waals surface area (Å²) in [5, 5.41) is 5.56. The first-order chi connectivity index (χ1) is 10.7. The summed E-state index contributed by atoms with van der Waals surface area (Å²) in [5.41, 5.74) is 4.41. The van der Waals surface area contributed by atoms with Crippen molar-refractivity contribution in [2.45, 2.75) is 0 Å². The molecule has 22 heavy (non-hydrogen) atoms. The molecule has 1 heterocycles. The van der Waals surface area contributed by atoms with E-state index in [1.807, 2.05) is 42.5 Å². The van der Waals surface area contributed by atoms with Crippen LogP contribution >= 0.6 is 11.6 Å². The monoisotopic (exact) mass is 309 g/mol. The molecule has 0 aliphatic heterocycles. The van der Waals surface area contributed by atoms with Gasteiger partial charge in [0.2, 0.25) is 0 Å². The number of nitrogens with zero attached hydrogens (tertiary/aromatic N) is 2. The number of carbonyl (C=O) groups excluding carboxylic acids is 1. The average molecular weight is 310 g/mol. The number of benzene rings is 2. The summed E-state index contributed by atoms with van der Waals surface area (Å²) in [5.74, 6) is -0.351. The zero-order chi connectivity index (χ0) is 15.4. The smallest absolute Gasteiger partial charge is 0.266 e. The first kappa shape index (κ1) is 14.2. The zero-order valence-corrected chi connectivity index (χ0v) is 12.3. The van der Waals surface area contributed by atoms with Crippen LogP contribution in [0.25, 0.3) is 10.9 Å². The number of halogens is 1. The van der Waals surface area contributed by atoms with E-state index >= 15 is 0 Å². The third-order valence-electron chi connectivity index (χ3n) is 3.08. The first-order valence-corrected chi connectivity index (χ1v) is 7.05. The lowest BCUT2D eigenvalue weighted by atomic mass is 10.2. The molecule has 0 bridgehead atoms. The number of rotatable bonds is 3. The van der Waals surface area contributed by atoms with Crippen molar-refractivity contribution < 1.29 is 4.79 Å². The summed E-state index contributed by atoms with van der Waals surface area (Å²) in [7, 11) is 0. The highest BCUT2D eigenvalue weighted by molar-refractivity contribution is 6.30. The number of nitrogens with one attached hydrogen (secondary N) is 1. The minimum Gasteiger partial charge on any atom is -0.266 e. The van der Waals surface area contributed by atoms with Gasteiger partial charge >= 0.3 is 0 Å². The predicted octanol–water partition coefficient (Wildman–Crippen LogP) is 3.65. The van der Waals surface area contributed by atoms with E-state index in [4.69, 9.17) is 11.6 Å². The molecule has 0 aliphatic rings. The van der Waals surface area contributed by atoms with Crippen molar-refractivity contribution in [3.63, 3.8) is 0 Å². The Morgan fingerprint density at radius 1 is 1.05 bits per heavy atom. The van der Waals surface area contributed by atoms with Crippen molar-refractivity contribution in [1.82, 2.24) is 10.4 Å². The molecule has 0 unspecified atom stereocenters. The summed E-state index contributed by atoms with van der Waals surface area (Å²) in [6.45, 7) is 0. The summed E-state index contributed by atoms with van der Waals surface area (Å²) < 4.78 is 0. The van der Waals surface area contributed by atoms with Crippen LogP contribution in [0.3, 0.4) is 0 Å². The number of hydrogen-bond donors (Lipinski definition) is 1. The minimum atomic E-state index is -0.351. The van der Waals surface area contributed by atoms with Crippen LogP contribution < -0.4 is 5.43 Å². The third kappa shape index (κ3) is 3.30.